The summed E-state index contributed by atoms with van der Waals surface area (Å²) < 4.78 is 5.70. The predicted octanol–water partition coefficient (Wildman–Crippen LogP) is 1.40. The van der Waals surface area contributed by atoms with Crippen LogP contribution in [0.4, 0.5) is 0 Å². The first-order chi connectivity index (χ1) is 9.00. The summed E-state index contributed by atoms with van der Waals surface area (Å²) in [5.74, 6) is 0.721. The Bertz CT molecular complexity index is 410. The maximum atomic E-state index is 9.22. The number of thiocarbonyl (C=S) groups is 1. The lowest BCUT2D eigenvalue weighted by Gasteiger charge is -2.18. The van der Waals surface area contributed by atoms with Gasteiger partial charge in [-0.3, -0.25) is 0 Å². The summed E-state index contributed by atoms with van der Waals surface area (Å²) in [6.07, 6.45) is 0.499. The van der Waals surface area contributed by atoms with E-state index in [-0.39, 0.29) is 6.10 Å². The van der Waals surface area contributed by atoms with E-state index in [1.807, 2.05) is 31.3 Å². The smallest absolute Gasteiger partial charge is 0.129 e. The molecule has 0 heterocycles. The molecule has 0 aliphatic carbocycles. The lowest BCUT2D eigenvalue weighted by Crippen LogP contribution is -2.27. The Balaban J connectivity index is 2.39. The van der Waals surface area contributed by atoms with E-state index in [2.05, 4.69) is 4.90 Å². The number of aliphatic hydroxyl groups excluding tert-OH is 1. The van der Waals surface area contributed by atoms with Crippen LogP contribution in [0.15, 0.2) is 24.3 Å². The highest BCUT2D eigenvalue weighted by Gasteiger charge is 2.06. The Kier molecular flexibility index (Phi) is 6.77. The van der Waals surface area contributed by atoms with Crippen LogP contribution in [0.3, 0.4) is 0 Å². The van der Waals surface area contributed by atoms with E-state index >= 15 is 0 Å². The number of rotatable bonds is 8. The van der Waals surface area contributed by atoms with Gasteiger partial charge in [0, 0.05) is 13.1 Å². The van der Waals surface area contributed by atoms with Crippen molar-refractivity contribution >= 4 is 17.2 Å². The molecule has 19 heavy (non-hydrogen) atoms. The minimum atomic E-state index is -0.265. The Hall–Kier alpha value is -1.17. The van der Waals surface area contributed by atoms with Crippen LogP contribution in [-0.2, 0) is 0 Å². The molecule has 0 spiro atoms. The van der Waals surface area contributed by atoms with Gasteiger partial charge in [0.1, 0.15) is 17.3 Å². The van der Waals surface area contributed by atoms with E-state index < -0.39 is 0 Å². The summed E-state index contributed by atoms with van der Waals surface area (Å²) in [5, 5.41) is 9.22. The van der Waals surface area contributed by atoms with E-state index in [0.29, 0.717) is 11.6 Å². The predicted molar refractivity (Wildman–Crippen MR) is 81.6 cm³/mol. The van der Waals surface area contributed by atoms with Crippen molar-refractivity contribution in [3.63, 3.8) is 0 Å². The number of para-hydroxylation sites is 1. The van der Waals surface area contributed by atoms with Crippen LogP contribution >= 0.6 is 12.2 Å². The maximum Gasteiger partial charge on any atom is 0.129 e. The Morgan fingerprint density at radius 2 is 2.11 bits per heavy atom. The number of aliphatic hydroxyl groups is 1. The second-order valence-electron chi connectivity index (χ2n) is 4.65. The monoisotopic (exact) mass is 282 g/mol. The zero-order valence-electron chi connectivity index (χ0n) is 11.5. The minimum absolute atomic E-state index is 0.265. The molecule has 0 aliphatic heterocycles. The fraction of sp³-hybridized carbons (Fsp3) is 0.500. The quantitative estimate of drug-likeness (QED) is 0.706. The third-order valence-electron chi connectivity index (χ3n) is 2.81. The maximum absolute atomic E-state index is 9.22. The summed E-state index contributed by atoms with van der Waals surface area (Å²) in [7, 11) is 2.01. The molecule has 0 radical (unpaired) electrons. The number of likely N-dealkylation sites (N-methyl/N-ethyl adjacent to an activating group) is 1. The second-order valence-corrected chi connectivity index (χ2v) is 5.09. The highest BCUT2D eigenvalue weighted by molar-refractivity contribution is 7.80. The van der Waals surface area contributed by atoms with Gasteiger partial charge < -0.3 is 20.5 Å². The molecule has 1 atom stereocenters. The molecule has 0 bridgehead atoms. The van der Waals surface area contributed by atoms with Gasteiger partial charge in [-0.25, -0.2) is 0 Å². The minimum Gasteiger partial charge on any atom is -0.492 e. The van der Waals surface area contributed by atoms with Crippen LogP contribution in [0, 0.1) is 0 Å². The summed E-state index contributed by atoms with van der Waals surface area (Å²) in [4.78, 5) is 2.47. The van der Waals surface area contributed by atoms with Gasteiger partial charge in [0.15, 0.2) is 0 Å². The largest absolute Gasteiger partial charge is 0.492 e. The molecule has 4 nitrogen and oxygen atoms in total. The van der Waals surface area contributed by atoms with Crippen LogP contribution in [0.2, 0.25) is 0 Å². The lowest BCUT2D eigenvalue weighted by atomic mass is 10.2. The van der Waals surface area contributed by atoms with E-state index in [1.165, 1.54) is 0 Å². The summed E-state index contributed by atoms with van der Waals surface area (Å²) in [6.45, 7) is 4.00. The number of nitrogens with zero attached hydrogens (tertiary/aromatic N) is 1. The average Bonchev–Trinajstić information content (AvgIpc) is 2.36. The molecule has 0 saturated heterocycles. The molecule has 5 heteroatoms. The van der Waals surface area contributed by atoms with E-state index in [4.69, 9.17) is 22.7 Å². The van der Waals surface area contributed by atoms with E-state index in [9.17, 15) is 5.11 Å². The molecule has 1 aromatic carbocycles. The number of ether oxygens (including phenoxy) is 1. The normalized spacial score (nSPS) is 12.4. The van der Waals surface area contributed by atoms with E-state index in [1.54, 1.807) is 6.92 Å². The fourth-order valence-electron chi connectivity index (χ4n) is 1.63. The van der Waals surface area contributed by atoms with Gasteiger partial charge in [0.2, 0.25) is 0 Å². The highest BCUT2D eigenvalue weighted by atomic mass is 32.1. The lowest BCUT2D eigenvalue weighted by molar-refractivity contribution is 0.157. The molecule has 1 aromatic rings. The van der Waals surface area contributed by atoms with Crippen molar-refractivity contribution < 1.29 is 9.84 Å². The number of nitrogens with two attached hydrogens (primary N) is 1. The number of hydrogen-bond acceptors (Lipinski definition) is 4. The van der Waals surface area contributed by atoms with Gasteiger partial charge in [-0.1, -0.05) is 24.4 Å². The Morgan fingerprint density at radius 3 is 2.74 bits per heavy atom. The zero-order valence-corrected chi connectivity index (χ0v) is 12.3. The van der Waals surface area contributed by atoms with Crippen molar-refractivity contribution in [3.05, 3.63) is 29.8 Å². The molecule has 1 rings (SSSR count). The molecule has 1 unspecified atom stereocenters. The van der Waals surface area contributed by atoms with Gasteiger partial charge in [-0.15, -0.1) is 0 Å². The van der Waals surface area contributed by atoms with Crippen molar-refractivity contribution in [1.82, 2.24) is 4.90 Å². The number of benzene rings is 1. The first-order valence-electron chi connectivity index (χ1n) is 6.39. The van der Waals surface area contributed by atoms with Gasteiger partial charge in [-0.2, -0.15) is 0 Å². The van der Waals surface area contributed by atoms with Crippen LogP contribution in [0.5, 0.6) is 5.75 Å². The van der Waals surface area contributed by atoms with Gasteiger partial charge >= 0.3 is 0 Å². The molecule has 3 N–H and O–H groups in total. The van der Waals surface area contributed by atoms with Crippen molar-refractivity contribution in [3.8, 4) is 5.75 Å². The van der Waals surface area contributed by atoms with Crippen molar-refractivity contribution in [1.29, 1.82) is 0 Å². The number of hydrogen-bond donors (Lipinski definition) is 2. The van der Waals surface area contributed by atoms with Crippen LogP contribution < -0.4 is 10.5 Å². The first kappa shape index (κ1) is 15.9. The van der Waals surface area contributed by atoms with Crippen molar-refractivity contribution in [2.75, 3.05) is 26.7 Å². The van der Waals surface area contributed by atoms with Gasteiger partial charge in [0.25, 0.3) is 0 Å². The molecular weight excluding hydrogens is 260 g/mol. The molecule has 0 amide bonds. The van der Waals surface area contributed by atoms with E-state index in [0.717, 1.165) is 30.8 Å². The topological polar surface area (TPSA) is 58.7 Å². The van der Waals surface area contributed by atoms with Crippen molar-refractivity contribution in [2.24, 2.45) is 5.73 Å². The molecule has 0 aromatic heterocycles. The summed E-state index contributed by atoms with van der Waals surface area (Å²) >= 11 is 4.98. The Labute approximate surface area is 120 Å². The standard InChI is InChI=1S/C14H22N2O2S/c1-11(17)7-8-16(2)9-10-18-13-6-4-3-5-12(13)14(15)19/h3-6,11,17H,7-10H2,1-2H3,(H2,15,19). The van der Waals surface area contributed by atoms with Gasteiger partial charge in [-0.05, 0) is 32.5 Å². The van der Waals surface area contributed by atoms with Crippen LogP contribution in [0.25, 0.3) is 0 Å². The first-order valence-corrected chi connectivity index (χ1v) is 6.79. The van der Waals surface area contributed by atoms with Gasteiger partial charge in [0.05, 0.1) is 11.7 Å². The third kappa shape index (κ3) is 6.00. The average molecular weight is 282 g/mol. The second kappa shape index (κ2) is 8.09. The molecule has 0 aliphatic rings. The van der Waals surface area contributed by atoms with Crippen LogP contribution in [0.1, 0.15) is 18.9 Å². The van der Waals surface area contributed by atoms with Crippen LogP contribution in [-0.4, -0.2) is 47.8 Å². The highest BCUT2D eigenvalue weighted by Crippen LogP contribution is 2.17. The molecule has 106 valence electrons. The third-order valence-corrected chi connectivity index (χ3v) is 3.03. The molecule has 0 fully saturated rings. The fourth-order valence-corrected chi connectivity index (χ4v) is 1.80. The molecule has 0 saturated carbocycles. The van der Waals surface area contributed by atoms with Crippen molar-refractivity contribution in [2.45, 2.75) is 19.4 Å². The summed E-state index contributed by atoms with van der Waals surface area (Å²) in [5.41, 5.74) is 6.41. The Morgan fingerprint density at radius 1 is 1.42 bits per heavy atom. The molecular formula is C14H22N2O2S. The summed E-state index contributed by atoms with van der Waals surface area (Å²) in [6, 6.07) is 7.50. The zero-order chi connectivity index (χ0) is 14.3. The SMILES string of the molecule is CC(O)CCN(C)CCOc1ccccc1C(N)=S.